The van der Waals surface area contributed by atoms with Gasteiger partial charge >= 0.3 is 12.0 Å². The highest BCUT2D eigenvalue weighted by Gasteiger charge is 2.43. The minimum atomic E-state index is -0.992. The van der Waals surface area contributed by atoms with Gasteiger partial charge in [-0.2, -0.15) is 0 Å². The van der Waals surface area contributed by atoms with Crippen LogP contribution < -0.4 is 0 Å². The normalized spacial score (nSPS) is 16.4. The van der Waals surface area contributed by atoms with E-state index >= 15 is 0 Å². The molecule has 0 aliphatic carbocycles. The molecule has 0 radical (unpaired) electrons. The van der Waals surface area contributed by atoms with E-state index in [0.29, 0.717) is 26.2 Å². The van der Waals surface area contributed by atoms with Gasteiger partial charge in [-0.1, -0.05) is 6.07 Å². The fourth-order valence-electron chi connectivity index (χ4n) is 2.33. The van der Waals surface area contributed by atoms with Crippen LogP contribution in [0.2, 0.25) is 0 Å². The summed E-state index contributed by atoms with van der Waals surface area (Å²) >= 11 is 1.63. The molecule has 2 heterocycles. The van der Waals surface area contributed by atoms with Gasteiger partial charge in [0, 0.05) is 11.4 Å². The first-order chi connectivity index (χ1) is 9.93. The number of carboxylic acid groups (broad SMARTS) is 1. The summed E-state index contributed by atoms with van der Waals surface area (Å²) in [6.07, 6.45) is 0. The lowest BCUT2D eigenvalue weighted by molar-refractivity contribution is -0.160. The van der Waals surface area contributed by atoms with E-state index in [1.54, 1.807) is 21.1 Å². The van der Waals surface area contributed by atoms with Crippen LogP contribution >= 0.6 is 11.3 Å². The van der Waals surface area contributed by atoms with Gasteiger partial charge in [0.2, 0.25) is 0 Å². The summed E-state index contributed by atoms with van der Waals surface area (Å²) in [5, 5.41) is 10.6. The summed E-state index contributed by atoms with van der Waals surface area (Å²) in [6, 6.07) is 3.96. The molecule has 1 aliphatic rings. The lowest BCUT2D eigenvalue weighted by Gasteiger charge is -2.48. The third-order valence-electron chi connectivity index (χ3n) is 3.44. The summed E-state index contributed by atoms with van der Waals surface area (Å²) in [6.45, 7) is 5.56. The van der Waals surface area contributed by atoms with Crippen molar-refractivity contribution in [2.45, 2.75) is 26.0 Å². The van der Waals surface area contributed by atoms with Crippen molar-refractivity contribution in [2.75, 3.05) is 26.2 Å². The number of rotatable bonds is 6. The van der Waals surface area contributed by atoms with Crippen LogP contribution in [0.3, 0.4) is 0 Å². The van der Waals surface area contributed by atoms with Crippen molar-refractivity contribution in [1.29, 1.82) is 0 Å². The minimum Gasteiger partial charge on any atom is -0.480 e. The first-order valence-electron chi connectivity index (χ1n) is 6.85. The quantitative estimate of drug-likeness (QED) is 0.870. The molecule has 7 heteroatoms. The molecule has 0 aromatic carbocycles. The molecule has 0 unspecified atom stereocenters. The first-order valence-corrected chi connectivity index (χ1v) is 7.73. The molecule has 0 bridgehead atoms. The highest BCUT2D eigenvalue weighted by atomic mass is 32.1. The summed E-state index contributed by atoms with van der Waals surface area (Å²) < 4.78 is 5.32. The van der Waals surface area contributed by atoms with Gasteiger partial charge in [0.15, 0.2) is 0 Å². The van der Waals surface area contributed by atoms with E-state index in [-0.39, 0.29) is 12.6 Å². The number of nitrogens with zero attached hydrogens (tertiary/aromatic N) is 2. The van der Waals surface area contributed by atoms with E-state index in [4.69, 9.17) is 9.84 Å². The molecule has 21 heavy (non-hydrogen) atoms. The predicted molar refractivity (Wildman–Crippen MR) is 79.4 cm³/mol. The maximum absolute atomic E-state index is 12.4. The predicted octanol–water partition coefficient (Wildman–Crippen LogP) is 1.87. The fraction of sp³-hybridized carbons (Fsp3) is 0.571. The van der Waals surface area contributed by atoms with Crippen molar-refractivity contribution in [3.8, 4) is 0 Å². The van der Waals surface area contributed by atoms with Crippen LogP contribution in [0, 0.1) is 0 Å². The Morgan fingerprint density at radius 1 is 1.52 bits per heavy atom. The number of hydrogen-bond acceptors (Lipinski definition) is 4. The van der Waals surface area contributed by atoms with Gasteiger partial charge in [-0.05, 0) is 25.3 Å². The molecular weight excluding hydrogens is 292 g/mol. The molecule has 1 N–H and O–H groups in total. The van der Waals surface area contributed by atoms with Crippen LogP contribution in [0.25, 0.3) is 0 Å². The number of carbonyl (C=O) groups excluding carboxylic acids is 1. The molecule has 2 rings (SSSR count). The third kappa shape index (κ3) is 3.95. The molecule has 1 fully saturated rings. The van der Waals surface area contributed by atoms with Crippen molar-refractivity contribution in [3.05, 3.63) is 22.4 Å². The number of amides is 2. The van der Waals surface area contributed by atoms with Crippen molar-refractivity contribution in [1.82, 2.24) is 9.80 Å². The van der Waals surface area contributed by atoms with Gasteiger partial charge in [0.25, 0.3) is 0 Å². The molecule has 6 nitrogen and oxygen atoms in total. The highest BCUT2D eigenvalue weighted by Crippen LogP contribution is 2.26. The number of ether oxygens (including phenoxy) is 1. The van der Waals surface area contributed by atoms with E-state index in [0.717, 1.165) is 4.88 Å². The van der Waals surface area contributed by atoms with Crippen LogP contribution in [0.1, 0.15) is 18.7 Å². The van der Waals surface area contributed by atoms with Gasteiger partial charge in [-0.25, -0.2) is 9.59 Å². The Morgan fingerprint density at radius 2 is 2.24 bits per heavy atom. The first kappa shape index (κ1) is 15.8. The number of likely N-dealkylation sites (tertiary alicyclic amines) is 1. The summed E-state index contributed by atoms with van der Waals surface area (Å²) in [5.41, 5.74) is -0.545. The number of carboxylic acids is 1. The maximum Gasteiger partial charge on any atom is 0.329 e. The maximum atomic E-state index is 12.4. The minimum absolute atomic E-state index is 0.0256. The number of hydrogen-bond donors (Lipinski definition) is 1. The second-order valence-electron chi connectivity index (χ2n) is 5.36. The molecule has 0 spiro atoms. The van der Waals surface area contributed by atoms with E-state index in [9.17, 15) is 9.59 Å². The second kappa shape index (κ2) is 6.44. The Hall–Kier alpha value is -1.60. The van der Waals surface area contributed by atoms with Crippen molar-refractivity contribution in [3.63, 3.8) is 0 Å². The lowest BCUT2D eigenvalue weighted by Crippen LogP contribution is -2.65. The number of urea groups is 1. The average molecular weight is 312 g/mol. The molecule has 1 aliphatic heterocycles. The number of carbonyl (C=O) groups is 2. The second-order valence-corrected chi connectivity index (χ2v) is 6.40. The molecule has 2 amide bonds. The van der Waals surface area contributed by atoms with E-state index in [1.165, 1.54) is 0 Å². The number of thiophene rings is 1. The van der Waals surface area contributed by atoms with Crippen molar-refractivity contribution < 1.29 is 19.4 Å². The van der Waals surface area contributed by atoms with Gasteiger partial charge in [0.1, 0.15) is 12.2 Å². The molecule has 1 saturated heterocycles. The smallest absolute Gasteiger partial charge is 0.329 e. The largest absolute Gasteiger partial charge is 0.480 e. The third-order valence-corrected chi connectivity index (χ3v) is 4.31. The lowest BCUT2D eigenvalue weighted by atomic mass is 9.97. The van der Waals surface area contributed by atoms with Gasteiger partial charge in [-0.15, -0.1) is 11.3 Å². The zero-order chi connectivity index (χ0) is 15.5. The van der Waals surface area contributed by atoms with Crippen molar-refractivity contribution >= 4 is 23.3 Å². The summed E-state index contributed by atoms with van der Waals surface area (Å²) in [4.78, 5) is 27.5. The monoisotopic (exact) mass is 312 g/mol. The topological polar surface area (TPSA) is 70.1 Å². The van der Waals surface area contributed by atoms with E-state index < -0.39 is 11.6 Å². The van der Waals surface area contributed by atoms with Crippen LogP contribution in [0.4, 0.5) is 4.79 Å². The van der Waals surface area contributed by atoms with Crippen LogP contribution in [-0.2, 0) is 16.1 Å². The molecule has 116 valence electrons. The van der Waals surface area contributed by atoms with Crippen LogP contribution in [0.15, 0.2) is 17.5 Å². The summed E-state index contributed by atoms with van der Waals surface area (Å²) in [7, 11) is 0. The summed E-state index contributed by atoms with van der Waals surface area (Å²) in [5.74, 6) is -0.992. The Kier molecular flexibility index (Phi) is 4.84. The molecular formula is C14H20N2O4S. The van der Waals surface area contributed by atoms with Crippen LogP contribution in [0.5, 0.6) is 0 Å². The zero-order valence-electron chi connectivity index (χ0n) is 12.2. The number of aliphatic carboxylic acids is 1. The molecule has 0 saturated carbocycles. The Bertz CT molecular complexity index is 497. The van der Waals surface area contributed by atoms with E-state index in [1.807, 2.05) is 31.4 Å². The van der Waals surface area contributed by atoms with Crippen molar-refractivity contribution in [2.24, 2.45) is 0 Å². The van der Waals surface area contributed by atoms with Gasteiger partial charge in [0.05, 0.1) is 19.6 Å². The Labute approximate surface area is 127 Å². The fourth-order valence-corrected chi connectivity index (χ4v) is 3.05. The SMILES string of the molecule is CCN(Cc1cccs1)C(=O)N1CC(C)(OCC(=O)O)C1. The van der Waals surface area contributed by atoms with E-state index in [2.05, 4.69) is 0 Å². The molecule has 1 aromatic rings. The van der Waals surface area contributed by atoms with Gasteiger partial charge < -0.3 is 19.6 Å². The molecule has 1 aromatic heterocycles. The van der Waals surface area contributed by atoms with Crippen LogP contribution in [-0.4, -0.2) is 58.7 Å². The Balaban J connectivity index is 1.85. The zero-order valence-corrected chi connectivity index (χ0v) is 13.1. The Morgan fingerprint density at radius 3 is 2.76 bits per heavy atom. The standard InChI is InChI=1S/C14H20N2O4S/c1-3-15(7-11-5-4-6-21-11)13(19)16-9-14(2,10-16)20-8-12(17)18/h4-6H,3,7-10H2,1-2H3,(H,17,18). The highest BCUT2D eigenvalue weighted by molar-refractivity contribution is 7.09. The van der Waals surface area contributed by atoms with Gasteiger partial charge in [-0.3, -0.25) is 0 Å². The molecule has 0 atom stereocenters. The average Bonchev–Trinajstić information content (AvgIpc) is 2.91.